The van der Waals surface area contributed by atoms with E-state index in [0.29, 0.717) is 24.0 Å². The molecule has 2 aliphatic rings. The van der Waals surface area contributed by atoms with Crippen LogP contribution in [0.3, 0.4) is 0 Å². The second-order valence-electron chi connectivity index (χ2n) is 7.84. The number of amides is 2. The van der Waals surface area contributed by atoms with Gasteiger partial charge in [-0.25, -0.2) is 9.18 Å². The van der Waals surface area contributed by atoms with Crippen molar-refractivity contribution >= 4 is 6.03 Å². The molecule has 0 radical (unpaired) electrons. The van der Waals surface area contributed by atoms with Crippen LogP contribution in [-0.2, 0) is 0 Å². The van der Waals surface area contributed by atoms with Gasteiger partial charge in [-0.2, -0.15) is 15.4 Å². The van der Waals surface area contributed by atoms with Crippen LogP contribution in [0.4, 0.5) is 9.18 Å². The van der Waals surface area contributed by atoms with Crippen LogP contribution in [0, 0.1) is 5.82 Å². The molecule has 0 aliphatic carbocycles. The summed E-state index contributed by atoms with van der Waals surface area (Å²) in [5, 5.41) is 10.6. The molecule has 0 saturated carbocycles. The van der Waals surface area contributed by atoms with E-state index < -0.39 is 0 Å². The van der Waals surface area contributed by atoms with Gasteiger partial charge in [-0.05, 0) is 48.4 Å². The number of carbonyl (C=O) groups is 1. The first kappa shape index (κ1) is 18.6. The summed E-state index contributed by atoms with van der Waals surface area (Å²) in [5.41, 5.74) is 2.11. The molecule has 2 fully saturated rings. The number of aromatic amines is 1. The minimum absolute atomic E-state index is 0.105. The van der Waals surface area contributed by atoms with E-state index in [2.05, 4.69) is 15.4 Å². The highest BCUT2D eigenvalue weighted by Gasteiger charge is 2.37. The Bertz CT molecular complexity index is 1000. The fourth-order valence-electron chi connectivity index (χ4n) is 4.07. The Morgan fingerprint density at radius 2 is 1.63 bits per heavy atom. The van der Waals surface area contributed by atoms with Gasteiger partial charge in [0, 0.05) is 38.0 Å². The third kappa shape index (κ3) is 3.72. The number of benzene rings is 2. The maximum Gasteiger partial charge on any atom is 0.320 e. The highest BCUT2D eigenvalue weighted by molar-refractivity contribution is 5.76. The van der Waals surface area contributed by atoms with Gasteiger partial charge in [-0.1, -0.05) is 12.1 Å². The molecule has 1 unspecified atom stereocenters. The van der Waals surface area contributed by atoms with E-state index >= 15 is 0 Å². The van der Waals surface area contributed by atoms with Crippen LogP contribution in [0.15, 0.2) is 54.7 Å². The van der Waals surface area contributed by atoms with Crippen LogP contribution in [0.1, 0.15) is 29.5 Å². The van der Waals surface area contributed by atoms with Crippen LogP contribution in [-0.4, -0.2) is 57.4 Å². The van der Waals surface area contributed by atoms with E-state index in [9.17, 15) is 9.18 Å². The molecule has 0 spiro atoms. The molecular formula is C22H22FN5O2. The van der Waals surface area contributed by atoms with Crippen LogP contribution in [0.25, 0.3) is 0 Å². The number of halogens is 1. The molecule has 1 atom stereocenters. The predicted octanol–water partition coefficient (Wildman–Crippen LogP) is 3.74. The van der Waals surface area contributed by atoms with Crippen molar-refractivity contribution in [2.24, 2.45) is 0 Å². The second kappa shape index (κ2) is 7.78. The van der Waals surface area contributed by atoms with E-state index in [-0.39, 0.29) is 17.8 Å². The molecule has 2 aromatic carbocycles. The van der Waals surface area contributed by atoms with Crippen LogP contribution >= 0.6 is 0 Å². The number of ether oxygens (including phenoxy) is 1. The summed E-state index contributed by atoms with van der Waals surface area (Å²) in [7, 11) is 0. The van der Waals surface area contributed by atoms with Gasteiger partial charge in [0.1, 0.15) is 17.3 Å². The standard InChI is InChI=1S/C22H22FN5O2/c23-18-3-7-20(8-4-18)30-19-5-1-15(2-6-19)17-13-28(14-17)22(29)27-10-9-16(12-27)21-11-24-26-25-21/h1-8,11,16-17H,9-10,12-14H2,(H,24,25,26). The molecule has 30 heavy (non-hydrogen) atoms. The zero-order chi connectivity index (χ0) is 20.5. The monoisotopic (exact) mass is 407 g/mol. The summed E-state index contributed by atoms with van der Waals surface area (Å²) in [6.45, 7) is 2.90. The number of aromatic nitrogens is 3. The lowest BCUT2D eigenvalue weighted by molar-refractivity contribution is 0.121. The molecule has 5 rings (SSSR count). The van der Waals surface area contributed by atoms with Crippen LogP contribution in [0.2, 0.25) is 0 Å². The van der Waals surface area contributed by atoms with Crippen molar-refractivity contribution in [3.63, 3.8) is 0 Å². The molecule has 2 amide bonds. The van der Waals surface area contributed by atoms with Crippen molar-refractivity contribution in [3.8, 4) is 11.5 Å². The fraction of sp³-hybridized carbons (Fsp3) is 0.318. The van der Waals surface area contributed by atoms with Gasteiger partial charge in [0.25, 0.3) is 0 Å². The Morgan fingerprint density at radius 1 is 0.967 bits per heavy atom. The lowest BCUT2D eigenvalue weighted by Crippen LogP contribution is -2.53. The molecule has 154 valence electrons. The summed E-state index contributed by atoms with van der Waals surface area (Å²) in [6, 6.07) is 13.9. The SMILES string of the molecule is O=C(N1CC(c2ccc(Oc3ccc(F)cc3)cc2)C1)N1CCC(c2cn[nH]n2)C1. The maximum atomic E-state index is 13.0. The average Bonchev–Trinajstić information content (AvgIpc) is 3.41. The number of hydrogen-bond acceptors (Lipinski definition) is 4. The normalized spacial score (nSPS) is 19.0. The van der Waals surface area contributed by atoms with E-state index in [1.807, 2.05) is 34.1 Å². The van der Waals surface area contributed by atoms with E-state index in [1.54, 1.807) is 18.3 Å². The fourth-order valence-corrected chi connectivity index (χ4v) is 4.07. The largest absolute Gasteiger partial charge is 0.457 e. The quantitative estimate of drug-likeness (QED) is 0.715. The second-order valence-corrected chi connectivity index (χ2v) is 7.84. The van der Waals surface area contributed by atoms with Gasteiger partial charge in [-0.15, -0.1) is 0 Å². The molecule has 2 saturated heterocycles. The number of nitrogens with zero attached hydrogens (tertiary/aromatic N) is 4. The Hall–Kier alpha value is -3.42. The van der Waals surface area contributed by atoms with Gasteiger partial charge in [0.05, 0.1) is 11.9 Å². The molecule has 3 aromatic rings. The third-order valence-electron chi connectivity index (χ3n) is 5.86. The smallest absolute Gasteiger partial charge is 0.320 e. The molecule has 3 heterocycles. The number of carbonyl (C=O) groups excluding carboxylic acids is 1. The molecule has 1 aromatic heterocycles. The van der Waals surface area contributed by atoms with E-state index in [0.717, 1.165) is 31.7 Å². The van der Waals surface area contributed by atoms with Gasteiger partial charge < -0.3 is 14.5 Å². The van der Waals surface area contributed by atoms with Crippen LogP contribution < -0.4 is 4.74 Å². The Balaban J connectivity index is 1.13. The summed E-state index contributed by atoms with van der Waals surface area (Å²) in [5.74, 6) is 1.61. The van der Waals surface area contributed by atoms with E-state index in [1.165, 1.54) is 17.7 Å². The average molecular weight is 407 g/mol. The summed E-state index contributed by atoms with van der Waals surface area (Å²) in [4.78, 5) is 16.6. The molecule has 0 bridgehead atoms. The molecule has 1 N–H and O–H groups in total. The van der Waals surface area contributed by atoms with Gasteiger partial charge in [-0.3, -0.25) is 0 Å². The molecule has 2 aliphatic heterocycles. The Kier molecular flexibility index (Phi) is 4.82. The molecular weight excluding hydrogens is 385 g/mol. The first-order chi connectivity index (χ1) is 14.7. The number of urea groups is 1. The Morgan fingerprint density at radius 3 is 2.30 bits per heavy atom. The third-order valence-corrected chi connectivity index (χ3v) is 5.86. The molecule has 7 nitrogen and oxygen atoms in total. The minimum atomic E-state index is -0.288. The predicted molar refractivity (Wildman–Crippen MR) is 108 cm³/mol. The van der Waals surface area contributed by atoms with Crippen molar-refractivity contribution in [3.05, 3.63) is 71.8 Å². The highest BCUT2D eigenvalue weighted by Crippen LogP contribution is 2.32. The van der Waals surface area contributed by atoms with Crippen molar-refractivity contribution in [2.75, 3.05) is 26.2 Å². The Labute approximate surface area is 173 Å². The summed E-state index contributed by atoms with van der Waals surface area (Å²) in [6.07, 6.45) is 2.66. The number of rotatable bonds is 4. The zero-order valence-electron chi connectivity index (χ0n) is 16.4. The minimum Gasteiger partial charge on any atom is -0.457 e. The van der Waals surface area contributed by atoms with Gasteiger partial charge >= 0.3 is 6.03 Å². The summed E-state index contributed by atoms with van der Waals surface area (Å²) >= 11 is 0. The van der Waals surface area contributed by atoms with Gasteiger partial charge in [0.15, 0.2) is 0 Å². The lowest BCUT2D eigenvalue weighted by atomic mass is 9.92. The number of H-pyrrole nitrogens is 1. The first-order valence-electron chi connectivity index (χ1n) is 10.1. The highest BCUT2D eigenvalue weighted by atomic mass is 19.1. The van der Waals surface area contributed by atoms with E-state index in [4.69, 9.17) is 4.74 Å². The zero-order valence-corrected chi connectivity index (χ0v) is 16.4. The maximum absolute atomic E-state index is 13.0. The first-order valence-corrected chi connectivity index (χ1v) is 10.1. The van der Waals surface area contributed by atoms with Crippen molar-refractivity contribution in [1.82, 2.24) is 25.2 Å². The van der Waals surface area contributed by atoms with Crippen molar-refractivity contribution < 1.29 is 13.9 Å². The van der Waals surface area contributed by atoms with Crippen LogP contribution in [0.5, 0.6) is 11.5 Å². The summed E-state index contributed by atoms with van der Waals surface area (Å²) < 4.78 is 18.7. The molecule has 8 heteroatoms. The number of likely N-dealkylation sites (tertiary alicyclic amines) is 2. The van der Waals surface area contributed by atoms with Gasteiger partial charge in [0.2, 0.25) is 0 Å². The van der Waals surface area contributed by atoms with Crippen molar-refractivity contribution in [1.29, 1.82) is 0 Å². The number of hydrogen-bond donors (Lipinski definition) is 1. The lowest BCUT2D eigenvalue weighted by Gasteiger charge is -2.41. The topological polar surface area (TPSA) is 74.3 Å². The number of nitrogens with one attached hydrogen (secondary N) is 1. The van der Waals surface area contributed by atoms with Crippen molar-refractivity contribution in [2.45, 2.75) is 18.3 Å².